The summed E-state index contributed by atoms with van der Waals surface area (Å²) >= 11 is 5.06. The van der Waals surface area contributed by atoms with Crippen LogP contribution in [0.4, 0.5) is 0 Å². The molecule has 0 atom stereocenters. The molecule has 0 aliphatic rings. The van der Waals surface area contributed by atoms with Gasteiger partial charge >= 0.3 is 0 Å². The fourth-order valence-corrected chi connectivity index (χ4v) is 1.31. The van der Waals surface area contributed by atoms with E-state index in [-0.39, 0.29) is 5.75 Å². The first-order chi connectivity index (χ1) is 7.69. The number of aromatic hydroxyl groups is 1. The van der Waals surface area contributed by atoms with Gasteiger partial charge in [-0.2, -0.15) is 5.10 Å². The molecule has 0 saturated carbocycles. The maximum atomic E-state index is 9.53. The number of phenolic OH excluding ortho intramolecular Hbond substituents is 1. The lowest BCUT2D eigenvalue weighted by molar-refractivity contribution is 0.464. The number of rotatable bonds is 3. The summed E-state index contributed by atoms with van der Waals surface area (Å²) in [5.41, 5.74) is 0.667. The zero-order valence-corrected chi connectivity index (χ0v) is 10.2. The second-order valence-electron chi connectivity index (χ2n) is 3.07. The molecule has 86 valence electrons. The summed E-state index contributed by atoms with van der Waals surface area (Å²) in [4.78, 5) is 0. The van der Waals surface area contributed by atoms with Crippen molar-refractivity contribution in [2.24, 2.45) is 5.10 Å². The van der Waals surface area contributed by atoms with Crippen LogP contribution >= 0.6 is 12.2 Å². The number of hydrogen-bond acceptors (Lipinski definition) is 3. The highest BCUT2D eigenvalue weighted by atomic mass is 32.1. The van der Waals surface area contributed by atoms with E-state index in [1.54, 1.807) is 36.5 Å². The molecule has 0 bridgehead atoms. The van der Waals surface area contributed by atoms with Crippen LogP contribution in [0.3, 0.4) is 0 Å². The highest BCUT2D eigenvalue weighted by Crippen LogP contribution is 2.12. The second kappa shape index (κ2) is 6.07. The third-order valence-electron chi connectivity index (χ3n) is 2.02. The molecule has 2 N–H and O–H groups in total. The van der Waals surface area contributed by atoms with E-state index in [1.165, 1.54) is 0 Å². The van der Waals surface area contributed by atoms with Gasteiger partial charge in [0.15, 0.2) is 5.11 Å². The smallest absolute Gasteiger partial charge is 0.189 e. The molecule has 16 heavy (non-hydrogen) atoms. The fraction of sp³-hybridized carbons (Fsp3) is 0.273. The summed E-state index contributed by atoms with van der Waals surface area (Å²) in [7, 11) is 1.75. The maximum Gasteiger partial charge on any atom is 0.189 e. The Morgan fingerprint density at radius 2 is 2.25 bits per heavy atom. The van der Waals surface area contributed by atoms with Gasteiger partial charge in [0.25, 0.3) is 0 Å². The SMILES string of the molecule is CCN(/N=C\c1ccccc1O)C(=S)NC. The van der Waals surface area contributed by atoms with Crippen molar-refractivity contribution in [3.63, 3.8) is 0 Å². The third-order valence-corrected chi connectivity index (χ3v) is 2.44. The normalized spacial score (nSPS) is 10.4. The highest BCUT2D eigenvalue weighted by Gasteiger charge is 2.02. The van der Waals surface area contributed by atoms with Crippen LogP contribution in [0, 0.1) is 0 Å². The van der Waals surface area contributed by atoms with Crippen molar-refractivity contribution in [3.8, 4) is 5.75 Å². The standard InChI is InChI=1S/C11H15N3OS/c1-3-14(11(16)12-2)13-8-9-6-4-5-7-10(9)15/h4-8,15H,3H2,1-2H3,(H,12,16)/b13-8-. The van der Waals surface area contributed by atoms with E-state index in [0.717, 1.165) is 0 Å². The van der Waals surface area contributed by atoms with Crippen molar-refractivity contribution in [1.29, 1.82) is 0 Å². The van der Waals surface area contributed by atoms with Crippen LogP contribution in [0.25, 0.3) is 0 Å². The first-order valence-corrected chi connectivity index (χ1v) is 5.41. The molecule has 0 aliphatic heterocycles. The Morgan fingerprint density at radius 3 is 2.81 bits per heavy atom. The molecule has 1 aromatic rings. The number of hydrazone groups is 1. The van der Waals surface area contributed by atoms with Crippen molar-refractivity contribution in [2.45, 2.75) is 6.92 Å². The van der Waals surface area contributed by atoms with Gasteiger partial charge in [-0.25, -0.2) is 5.01 Å². The van der Waals surface area contributed by atoms with Gasteiger partial charge in [0.05, 0.1) is 6.21 Å². The number of phenols is 1. The van der Waals surface area contributed by atoms with Gasteiger partial charge in [-0.05, 0) is 31.3 Å². The first-order valence-electron chi connectivity index (χ1n) is 5.00. The topological polar surface area (TPSA) is 47.9 Å². The monoisotopic (exact) mass is 237 g/mol. The Morgan fingerprint density at radius 1 is 1.56 bits per heavy atom. The molecule has 0 saturated heterocycles. The first kappa shape index (κ1) is 12.4. The largest absolute Gasteiger partial charge is 0.507 e. The van der Waals surface area contributed by atoms with E-state index in [1.807, 2.05) is 13.0 Å². The van der Waals surface area contributed by atoms with Crippen molar-refractivity contribution in [3.05, 3.63) is 29.8 Å². The fourth-order valence-electron chi connectivity index (χ4n) is 1.14. The number of nitrogens with one attached hydrogen (secondary N) is 1. The van der Waals surface area contributed by atoms with Crippen LogP contribution in [0.2, 0.25) is 0 Å². The van der Waals surface area contributed by atoms with Crippen LogP contribution in [-0.4, -0.2) is 35.0 Å². The van der Waals surface area contributed by atoms with Crippen LogP contribution < -0.4 is 5.32 Å². The Balaban J connectivity index is 2.79. The molecule has 0 fully saturated rings. The molecule has 1 aromatic carbocycles. The third kappa shape index (κ3) is 3.20. The second-order valence-corrected chi connectivity index (χ2v) is 3.46. The van der Waals surface area contributed by atoms with Gasteiger partial charge in [0.2, 0.25) is 0 Å². The average Bonchev–Trinajstić information content (AvgIpc) is 2.31. The van der Waals surface area contributed by atoms with E-state index >= 15 is 0 Å². The molecule has 0 unspecified atom stereocenters. The maximum absolute atomic E-state index is 9.53. The minimum Gasteiger partial charge on any atom is -0.507 e. The van der Waals surface area contributed by atoms with Crippen molar-refractivity contribution in [2.75, 3.05) is 13.6 Å². The highest BCUT2D eigenvalue weighted by molar-refractivity contribution is 7.80. The average molecular weight is 237 g/mol. The number of hydrogen-bond donors (Lipinski definition) is 2. The molecule has 0 spiro atoms. The number of benzene rings is 1. The molecule has 0 aliphatic carbocycles. The Bertz CT molecular complexity index is 393. The van der Waals surface area contributed by atoms with Gasteiger partial charge in [-0.15, -0.1) is 0 Å². The number of para-hydroxylation sites is 1. The van der Waals surface area contributed by atoms with Gasteiger partial charge in [-0.3, -0.25) is 0 Å². The summed E-state index contributed by atoms with van der Waals surface area (Å²) in [5.74, 6) is 0.206. The summed E-state index contributed by atoms with van der Waals surface area (Å²) < 4.78 is 0. The molecule has 0 aromatic heterocycles. The minimum absolute atomic E-state index is 0.206. The van der Waals surface area contributed by atoms with E-state index in [0.29, 0.717) is 17.2 Å². The van der Waals surface area contributed by atoms with Crippen LogP contribution in [0.1, 0.15) is 12.5 Å². The summed E-state index contributed by atoms with van der Waals surface area (Å²) in [6.45, 7) is 2.62. The molecular formula is C11H15N3OS. The van der Waals surface area contributed by atoms with Crippen molar-refractivity contribution in [1.82, 2.24) is 10.3 Å². The number of nitrogens with zero attached hydrogens (tertiary/aromatic N) is 2. The van der Waals surface area contributed by atoms with Crippen molar-refractivity contribution >= 4 is 23.5 Å². The van der Waals surface area contributed by atoms with E-state index in [4.69, 9.17) is 12.2 Å². The zero-order chi connectivity index (χ0) is 12.0. The molecule has 1 rings (SSSR count). The van der Waals surface area contributed by atoms with Gasteiger partial charge < -0.3 is 10.4 Å². The van der Waals surface area contributed by atoms with Gasteiger partial charge in [0.1, 0.15) is 5.75 Å². The Kier molecular flexibility index (Phi) is 4.72. The van der Waals surface area contributed by atoms with E-state index < -0.39 is 0 Å². The van der Waals surface area contributed by atoms with E-state index in [2.05, 4.69) is 10.4 Å². The molecule has 5 heteroatoms. The quantitative estimate of drug-likeness (QED) is 0.476. The molecule has 0 heterocycles. The number of thiocarbonyl (C=S) groups is 1. The van der Waals surface area contributed by atoms with Crippen molar-refractivity contribution < 1.29 is 5.11 Å². The van der Waals surface area contributed by atoms with Crippen LogP contribution in [0.5, 0.6) is 5.75 Å². The summed E-state index contributed by atoms with van der Waals surface area (Å²) in [6.07, 6.45) is 1.59. The van der Waals surface area contributed by atoms with Crippen LogP contribution in [-0.2, 0) is 0 Å². The Hall–Kier alpha value is -1.62. The summed E-state index contributed by atoms with van der Waals surface area (Å²) in [6, 6.07) is 7.01. The lowest BCUT2D eigenvalue weighted by Crippen LogP contribution is -2.33. The Labute approximate surface area is 101 Å². The van der Waals surface area contributed by atoms with E-state index in [9.17, 15) is 5.11 Å². The predicted octanol–water partition coefficient (Wildman–Crippen LogP) is 1.55. The van der Waals surface area contributed by atoms with Crippen LogP contribution in [0.15, 0.2) is 29.4 Å². The van der Waals surface area contributed by atoms with Gasteiger partial charge in [-0.1, -0.05) is 12.1 Å². The lowest BCUT2D eigenvalue weighted by Gasteiger charge is -2.16. The predicted molar refractivity (Wildman–Crippen MR) is 69.7 cm³/mol. The summed E-state index contributed by atoms with van der Waals surface area (Å²) in [5, 5.41) is 18.8. The lowest BCUT2D eigenvalue weighted by atomic mass is 10.2. The minimum atomic E-state index is 0.206. The zero-order valence-electron chi connectivity index (χ0n) is 9.34. The molecule has 0 radical (unpaired) electrons. The molecular weight excluding hydrogens is 222 g/mol. The molecule has 0 amide bonds. The van der Waals surface area contributed by atoms with Gasteiger partial charge in [0, 0.05) is 19.2 Å². The molecule has 4 nitrogen and oxygen atoms in total.